The third-order valence-electron chi connectivity index (χ3n) is 10.1. The molecule has 4 unspecified atom stereocenters. The lowest BCUT2D eigenvalue weighted by molar-refractivity contribution is -0.194. The van der Waals surface area contributed by atoms with Gasteiger partial charge in [-0.15, -0.1) is 0 Å². The molecule has 0 spiro atoms. The first-order valence-corrected chi connectivity index (χ1v) is 16.4. The average Bonchev–Trinajstić information content (AvgIpc) is 2.86. The predicted octanol–water partition coefficient (Wildman–Crippen LogP) is 11.7. The number of carboxylic acids is 1. The average molecular weight is 509 g/mol. The number of rotatable bonds is 24. The highest BCUT2D eigenvalue weighted by atomic mass is 16.4. The van der Waals surface area contributed by atoms with Crippen LogP contribution in [0.1, 0.15) is 178 Å². The summed E-state index contributed by atoms with van der Waals surface area (Å²) in [5.74, 6) is 0.783. The van der Waals surface area contributed by atoms with Crippen LogP contribution < -0.4 is 0 Å². The molecule has 4 atom stereocenters. The summed E-state index contributed by atoms with van der Waals surface area (Å²) in [6, 6.07) is 0. The van der Waals surface area contributed by atoms with Crippen molar-refractivity contribution in [2.75, 3.05) is 0 Å². The van der Waals surface area contributed by atoms with Gasteiger partial charge in [-0.25, -0.2) is 0 Å². The van der Waals surface area contributed by atoms with Crippen LogP contribution >= 0.6 is 0 Å². The summed E-state index contributed by atoms with van der Waals surface area (Å²) in [6.07, 6.45) is 21.1. The van der Waals surface area contributed by atoms with Crippen molar-refractivity contribution in [1.29, 1.82) is 0 Å². The Kier molecular flexibility index (Phi) is 19.2. The summed E-state index contributed by atoms with van der Waals surface area (Å²) in [5.41, 5.74) is -0.821. The molecular formula is C34H68O2. The highest BCUT2D eigenvalue weighted by molar-refractivity contribution is 5.77. The quantitative estimate of drug-likeness (QED) is 0.132. The molecule has 0 amide bonds. The number of hydrogen-bond donors (Lipinski definition) is 1. The molecule has 0 aromatic carbocycles. The third kappa shape index (κ3) is 9.04. The van der Waals surface area contributed by atoms with Crippen molar-refractivity contribution >= 4 is 5.97 Å². The molecule has 1 N–H and O–H groups in total. The molecule has 0 saturated carbocycles. The fraction of sp³-hybridized carbons (Fsp3) is 0.971. The molecule has 0 fully saturated rings. The first-order valence-electron chi connectivity index (χ1n) is 16.4. The molecule has 0 heterocycles. The Balaban J connectivity index is 7.10. The van der Waals surface area contributed by atoms with Crippen molar-refractivity contribution in [2.24, 2.45) is 34.5 Å². The van der Waals surface area contributed by atoms with Crippen LogP contribution in [0.15, 0.2) is 0 Å². The lowest BCUT2D eigenvalue weighted by Gasteiger charge is -2.61. The van der Waals surface area contributed by atoms with Gasteiger partial charge in [-0.05, 0) is 48.3 Å². The van der Waals surface area contributed by atoms with Crippen molar-refractivity contribution in [3.8, 4) is 0 Å². The molecule has 0 saturated heterocycles. The second-order valence-corrected chi connectivity index (χ2v) is 12.6. The maximum absolute atomic E-state index is 14.0. The largest absolute Gasteiger partial charge is 0.481 e. The van der Waals surface area contributed by atoms with E-state index in [0.717, 1.165) is 57.8 Å². The standard InChI is InChI=1S/C34H68O2/c1-10-15-20-21-22-27-33(28(6)23-16-11-2,29(7)24-17-12-3)34(32(35)36,30(8)25-18-13-4)31(9)26-19-14-5/h28-31H,10-27H2,1-9H3,(H,35,36). The lowest BCUT2D eigenvalue weighted by atomic mass is 9.42. The molecule has 0 aliphatic heterocycles. The zero-order valence-corrected chi connectivity index (χ0v) is 26.4. The topological polar surface area (TPSA) is 37.3 Å². The van der Waals surface area contributed by atoms with Gasteiger partial charge in [-0.2, -0.15) is 0 Å². The van der Waals surface area contributed by atoms with Crippen LogP contribution in [0, 0.1) is 34.5 Å². The second kappa shape index (κ2) is 19.5. The van der Waals surface area contributed by atoms with Gasteiger partial charge in [0.05, 0.1) is 5.41 Å². The zero-order chi connectivity index (χ0) is 27.6. The summed E-state index contributed by atoms with van der Waals surface area (Å²) in [5, 5.41) is 11.5. The first-order chi connectivity index (χ1) is 17.2. The van der Waals surface area contributed by atoms with Gasteiger partial charge in [0, 0.05) is 0 Å². The summed E-state index contributed by atoms with van der Waals surface area (Å²) in [7, 11) is 0. The molecule has 0 aromatic heterocycles. The van der Waals surface area contributed by atoms with E-state index in [0.29, 0.717) is 11.8 Å². The smallest absolute Gasteiger partial charge is 0.310 e. The maximum atomic E-state index is 14.0. The van der Waals surface area contributed by atoms with Crippen LogP contribution in [0.4, 0.5) is 0 Å². The van der Waals surface area contributed by atoms with E-state index in [4.69, 9.17) is 0 Å². The van der Waals surface area contributed by atoms with Crippen LogP contribution in [-0.4, -0.2) is 11.1 Å². The highest BCUT2D eigenvalue weighted by Gasteiger charge is 2.64. The molecular weight excluding hydrogens is 440 g/mol. The molecule has 36 heavy (non-hydrogen) atoms. The summed E-state index contributed by atoms with van der Waals surface area (Å²) in [6.45, 7) is 20.9. The van der Waals surface area contributed by atoms with Crippen molar-refractivity contribution in [2.45, 2.75) is 178 Å². The van der Waals surface area contributed by atoms with Crippen LogP contribution in [0.2, 0.25) is 0 Å². The first kappa shape index (κ1) is 35.5. The van der Waals surface area contributed by atoms with Crippen LogP contribution in [-0.2, 0) is 4.79 Å². The van der Waals surface area contributed by atoms with E-state index in [2.05, 4.69) is 62.3 Å². The fourth-order valence-corrected chi connectivity index (χ4v) is 8.06. The van der Waals surface area contributed by atoms with Gasteiger partial charge in [-0.1, -0.05) is 159 Å². The number of carbonyl (C=O) groups is 1. The molecule has 216 valence electrons. The van der Waals surface area contributed by atoms with Gasteiger partial charge in [0.25, 0.3) is 0 Å². The van der Waals surface area contributed by atoms with Gasteiger partial charge in [0.1, 0.15) is 0 Å². The molecule has 2 nitrogen and oxygen atoms in total. The minimum Gasteiger partial charge on any atom is -0.481 e. The lowest BCUT2D eigenvalue weighted by Crippen LogP contribution is -2.61. The van der Waals surface area contributed by atoms with Gasteiger partial charge < -0.3 is 5.11 Å². The van der Waals surface area contributed by atoms with Gasteiger partial charge in [0.15, 0.2) is 0 Å². The van der Waals surface area contributed by atoms with E-state index in [-0.39, 0.29) is 17.3 Å². The zero-order valence-electron chi connectivity index (χ0n) is 26.4. The van der Waals surface area contributed by atoms with E-state index in [1.807, 2.05) is 0 Å². The van der Waals surface area contributed by atoms with Crippen molar-refractivity contribution in [3.63, 3.8) is 0 Å². The van der Waals surface area contributed by atoms with Crippen LogP contribution in [0.25, 0.3) is 0 Å². The third-order valence-corrected chi connectivity index (χ3v) is 10.1. The maximum Gasteiger partial charge on any atom is 0.310 e. The molecule has 0 aromatic rings. The number of hydrogen-bond acceptors (Lipinski definition) is 1. The van der Waals surface area contributed by atoms with Crippen molar-refractivity contribution in [3.05, 3.63) is 0 Å². The molecule has 0 rings (SSSR count). The summed E-state index contributed by atoms with van der Waals surface area (Å²) >= 11 is 0. The second-order valence-electron chi connectivity index (χ2n) is 12.6. The Morgan fingerprint density at radius 3 is 1.19 bits per heavy atom. The number of carboxylic acid groups (broad SMARTS) is 1. The van der Waals surface area contributed by atoms with Gasteiger partial charge in [0.2, 0.25) is 0 Å². The molecule has 0 radical (unpaired) electrons. The number of unbranched alkanes of at least 4 members (excludes halogenated alkanes) is 8. The Morgan fingerprint density at radius 2 is 0.861 bits per heavy atom. The van der Waals surface area contributed by atoms with Crippen LogP contribution in [0.5, 0.6) is 0 Å². The fourth-order valence-electron chi connectivity index (χ4n) is 8.06. The van der Waals surface area contributed by atoms with Crippen molar-refractivity contribution in [1.82, 2.24) is 0 Å². The van der Waals surface area contributed by atoms with E-state index in [1.165, 1.54) is 57.8 Å². The molecule has 2 heteroatoms. The van der Waals surface area contributed by atoms with E-state index < -0.39 is 11.4 Å². The Hall–Kier alpha value is -0.530. The molecule has 0 aliphatic rings. The predicted molar refractivity (Wildman–Crippen MR) is 161 cm³/mol. The monoisotopic (exact) mass is 509 g/mol. The number of aliphatic carboxylic acids is 1. The summed E-state index contributed by atoms with van der Waals surface area (Å²) in [4.78, 5) is 14.0. The van der Waals surface area contributed by atoms with Gasteiger partial charge in [-0.3, -0.25) is 4.79 Å². The molecule has 0 aliphatic carbocycles. The normalized spacial score (nSPS) is 18.7. The van der Waals surface area contributed by atoms with Crippen LogP contribution in [0.3, 0.4) is 0 Å². The minimum absolute atomic E-state index is 0.157. The van der Waals surface area contributed by atoms with Gasteiger partial charge >= 0.3 is 5.97 Å². The summed E-state index contributed by atoms with van der Waals surface area (Å²) < 4.78 is 0. The highest BCUT2D eigenvalue weighted by Crippen LogP contribution is 2.64. The molecule has 0 bridgehead atoms. The van der Waals surface area contributed by atoms with E-state index >= 15 is 0 Å². The van der Waals surface area contributed by atoms with Crippen molar-refractivity contribution < 1.29 is 9.90 Å². The van der Waals surface area contributed by atoms with E-state index in [9.17, 15) is 9.90 Å². The van der Waals surface area contributed by atoms with E-state index in [1.54, 1.807) is 0 Å². The SMILES string of the molecule is CCCCCCCC(C(C)CCCC)(C(C)CCCC)C(C(=O)O)(C(C)CCCC)C(C)CCCC. The Bertz CT molecular complexity index is 511. The Morgan fingerprint density at radius 1 is 0.528 bits per heavy atom. The minimum atomic E-state index is -0.664. The Labute approximate surface area is 228 Å².